The lowest BCUT2D eigenvalue weighted by molar-refractivity contribution is 0.0187. The number of hydrogen-bond acceptors (Lipinski definition) is 8. The largest absolute Gasteiger partial charge is 0.496 e. The topological polar surface area (TPSA) is 110 Å². The van der Waals surface area contributed by atoms with Gasteiger partial charge < -0.3 is 33.6 Å². The number of ether oxygens (including phenoxy) is 4. The van der Waals surface area contributed by atoms with Gasteiger partial charge in [0, 0.05) is 85.6 Å². The molecular weight excluding hydrogens is 610 g/mol. The van der Waals surface area contributed by atoms with Gasteiger partial charge in [-0.15, -0.1) is 0 Å². The van der Waals surface area contributed by atoms with Crippen molar-refractivity contribution in [2.24, 2.45) is 0 Å². The van der Waals surface area contributed by atoms with Gasteiger partial charge in [-0.05, 0) is 74.2 Å². The molecular formula is C37H47N5O6. The predicted molar refractivity (Wildman–Crippen MR) is 185 cm³/mol. The third-order valence-corrected chi connectivity index (χ3v) is 10.0. The summed E-state index contributed by atoms with van der Waals surface area (Å²) in [5.41, 5.74) is 8.60. The lowest BCUT2D eigenvalue weighted by Gasteiger charge is -2.34. The van der Waals surface area contributed by atoms with Crippen molar-refractivity contribution in [3.63, 3.8) is 0 Å². The fourth-order valence-corrected chi connectivity index (χ4v) is 6.96. The zero-order valence-electron chi connectivity index (χ0n) is 28.9. The van der Waals surface area contributed by atoms with Gasteiger partial charge in [0.15, 0.2) is 0 Å². The SMILES string of the molecule is COc1cc(-c2cc3cc(C(=O)NCc4c(C)c(C)c[nH]c4=O)c(C)c(C(C)N4CCOCC4)n3c2)cc(OC)c1CN1CCOCC1. The summed E-state index contributed by atoms with van der Waals surface area (Å²) in [5.74, 6) is 1.32. The Labute approximate surface area is 281 Å². The number of benzene rings is 1. The molecule has 2 saturated heterocycles. The first-order chi connectivity index (χ1) is 23.2. The Bertz CT molecular complexity index is 1830. The van der Waals surface area contributed by atoms with Crippen LogP contribution in [0, 0.1) is 20.8 Å². The minimum atomic E-state index is -0.218. The predicted octanol–water partition coefficient (Wildman–Crippen LogP) is 4.39. The van der Waals surface area contributed by atoms with Crippen molar-refractivity contribution in [3.05, 3.63) is 86.1 Å². The molecule has 6 rings (SSSR count). The van der Waals surface area contributed by atoms with Gasteiger partial charge in [-0.25, -0.2) is 0 Å². The second-order valence-electron chi connectivity index (χ2n) is 12.8. The average molecular weight is 658 g/mol. The Balaban J connectivity index is 1.41. The zero-order chi connectivity index (χ0) is 33.9. The number of nitrogens with zero attached hydrogens (tertiary/aromatic N) is 3. The molecule has 2 aliphatic rings. The van der Waals surface area contributed by atoms with Crippen LogP contribution in [0.2, 0.25) is 0 Å². The van der Waals surface area contributed by atoms with Gasteiger partial charge in [0.05, 0.1) is 46.2 Å². The van der Waals surface area contributed by atoms with E-state index in [2.05, 4.69) is 55.8 Å². The molecule has 11 heteroatoms. The molecule has 0 aliphatic carbocycles. The molecule has 2 N–H and O–H groups in total. The molecule has 48 heavy (non-hydrogen) atoms. The highest BCUT2D eigenvalue weighted by Crippen LogP contribution is 2.38. The first-order valence-electron chi connectivity index (χ1n) is 16.7. The van der Waals surface area contributed by atoms with Crippen LogP contribution in [0.25, 0.3) is 16.6 Å². The number of aromatic amines is 1. The van der Waals surface area contributed by atoms with Crippen LogP contribution < -0.4 is 20.3 Å². The lowest BCUT2D eigenvalue weighted by atomic mass is 10.0. The fourth-order valence-electron chi connectivity index (χ4n) is 6.96. The molecule has 1 atom stereocenters. The summed E-state index contributed by atoms with van der Waals surface area (Å²) >= 11 is 0. The van der Waals surface area contributed by atoms with E-state index in [0.29, 0.717) is 44.1 Å². The highest BCUT2D eigenvalue weighted by atomic mass is 16.5. The molecule has 1 unspecified atom stereocenters. The van der Waals surface area contributed by atoms with Gasteiger partial charge in [0.2, 0.25) is 0 Å². The van der Waals surface area contributed by atoms with Crippen LogP contribution in [0.5, 0.6) is 11.5 Å². The number of nitrogens with one attached hydrogen (secondary N) is 2. The Morgan fingerprint density at radius 1 is 0.896 bits per heavy atom. The van der Waals surface area contributed by atoms with Gasteiger partial charge in [0.25, 0.3) is 11.5 Å². The summed E-state index contributed by atoms with van der Waals surface area (Å²) in [7, 11) is 3.39. The summed E-state index contributed by atoms with van der Waals surface area (Å²) in [6, 6.07) is 8.21. The van der Waals surface area contributed by atoms with E-state index in [9.17, 15) is 9.59 Å². The Morgan fingerprint density at radius 2 is 1.54 bits per heavy atom. The highest BCUT2D eigenvalue weighted by Gasteiger charge is 2.26. The summed E-state index contributed by atoms with van der Waals surface area (Å²) < 4.78 is 25.3. The van der Waals surface area contributed by atoms with Gasteiger partial charge in [-0.3, -0.25) is 19.4 Å². The molecule has 2 aliphatic heterocycles. The second-order valence-corrected chi connectivity index (χ2v) is 12.8. The second kappa shape index (κ2) is 14.5. The van der Waals surface area contributed by atoms with Crippen LogP contribution >= 0.6 is 0 Å². The minimum absolute atomic E-state index is 0.0197. The van der Waals surface area contributed by atoms with E-state index >= 15 is 0 Å². The molecule has 1 aromatic carbocycles. The van der Waals surface area contributed by atoms with Crippen molar-refractivity contribution in [1.82, 2.24) is 24.5 Å². The van der Waals surface area contributed by atoms with E-state index in [1.807, 2.05) is 26.8 Å². The maximum absolute atomic E-state index is 13.9. The number of carbonyl (C=O) groups is 1. The number of aryl methyl sites for hydroxylation is 1. The minimum Gasteiger partial charge on any atom is -0.496 e. The van der Waals surface area contributed by atoms with Gasteiger partial charge in [0.1, 0.15) is 11.5 Å². The summed E-state index contributed by atoms with van der Waals surface area (Å²) in [6.45, 7) is 15.0. The third-order valence-electron chi connectivity index (χ3n) is 10.0. The monoisotopic (exact) mass is 657 g/mol. The van der Waals surface area contributed by atoms with Gasteiger partial charge in [-0.2, -0.15) is 0 Å². The van der Waals surface area contributed by atoms with Crippen LogP contribution in [-0.4, -0.2) is 91.9 Å². The smallest absolute Gasteiger partial charge is 0.253 e. The number of H-pyrrole nitrogens is 1. The van der Waals surface area contributed by atoms with E-state index < -0.39 is 0 Å². The molecule has 1 amide bonds. The molecule has 11 nitrogen and oxygen atoms in total. The van der Waals surface area contributed by atoms with E-state index in [0.717, 1.165) is 82.3 Å². The van der Waals surface area contributed by atoms with Crippen molar-refractivity contribution >= 4 is 11.4 Å². The van der Waals surface area contributed by atoms with Crippen molar-refractivity contribution in [2.45, 2.75) is 46.8 Å². The normalized spacial score (nSPS) is 16.6. The molecule has 3 aromatic heterocycles. The van der Waals surface area contributed by atoms with E-state index in [4.69, 9.17) is 18.9 Å². The van der Waals surface area contributed by atoms with E-state index in [1.165, 1.54) is 0 Å². The standard InChI is InChI=1S/C37H47N5O6/c1-23-19-38-37(44)31(24(23)2)20-39-36(43)30-18-29-15-28(21-42(29)35(25(30)3)26(4)41-9-13-48-14-10-41)27-16-33(45-5)32(34(17-27)46-6)22-40-7-11-47-12-8-40/h15-19,21,26H,7-14,20,22H2,1-6H3,(H,38,44)(H,39,43). The number of hydrogen-bond donors (Lipinski definition) is 2. The fraction of sp³-hybridized carbons (Fsp3) is 0.459. The summed E-state index contributed by atoms with van der Waals surface area (Å²) in [4.78, 5) is 34.0. The first kappa shape index (κ1) is 33.7. The van der Waals surface area contributed by atoms with Gasteiger partial charge in [-0.1, -0.05) is 0 Å². The molecule has 0 bridgehead atoms. The lowest BCUT2D eigenvalue weighted by Crippen LogP contribution is -2.39. The van der Waals surface area contributed by atoms with Crippen molar-refractivity contribution < 1.29 is 23.7 Å². The summed E-state index contributed by atoms with van der Waals surface area (Å²) in [5, 5.41) is 3.04. The molecule has 256 valence electrons. The average Bonchev–Trinajstić information content (AvgIpc) is 3.54. The number of fused-ring (bicyclic) bond motifs is 1. The zero-order valence-corrected chi connectivity index (χ0v) is 28.9. The molecule has 0 spiro atoms. The molecule has 5 heterocycles. The van der Waals surface area contributed by atoms with Crippen LogP contribution in [0.1, 0.15) is 56.8 Å². The van der Waals surface area contributed by atoms with E-state index in [1.54, 1.807) is 20.4 Å². The Kier molecular flexibility index (Phi) is 10.2. The van der Waals surface area contributed by atoms with Crippen molar-refractivity contribution in [1.29, 1.82) is 0 Å². The number of amides is 1. The molecule has 2 fully saturated rings. The number of aromatic nitrogens is 2. The van der Waals surface area contributed by atoms with Gasteiger partial charge >= 0.3 is 0 Å². The summed E-state index contributed by atoms with van der Waals surface area (Å²) in [6.07, 6.45) is 3.84. The van der Waals surface area contributed by atoms with Crippen LogP contribution in [-0.2, 0) is 22.6 Å². The van der Waals surface area contributed by atoms with Crippen molar-refractivity contribution in [2.75, 3.05) is 66.8 Å². The maximum atomic E-state index is 13.9. The molecule has 0 saturated carbocycles. The number of pyridine rings is 2. The molecule has 4 aromatic rings. The number of carbonyl (C=O) groups excluding carboxylic acids is 1. The Morgan fingerprint density at radius 3 is 2.19 bits per heavy atom. The first-order valence-corrected chi connectivity index (χ1v) is 16.7. The quantitative estimate of drug-likeness (QED) is 0.259. The maximum Gasteiger partial charge on any atom is 0.253 e. The van der Waals surface area contributed by atoms with Crippen molar-refractivity contribution in [3.8, 4) is 22.6 Å². The Hall–Kier alpha value is -4.16. The van der Waals surface area contributed by atoms with Crippen LogP contribution in [0.4, 0.5) is 0 Å². The van der Waals surface area contributed by atoms with Crippen LogP contribution in [0.3, 0.4) is 0 Å². The number of methoxy groups -OCH3 is 2. The molecule has 0 radical (unpaired) electrons. The third kappa shape index (κ3) is 6.73. The van der Waals surface area contributed by atoms with Crippen LogP contribution in [0.15, 0.2) is 41.5 Å². The number of rotatable bonds is 10. The number of morpholine rings is 2. The highest BCUT2D eigenvalue weighted by molar-refractivity contribution is 5.97. The van der Waals surface area contributed by atoms with E-state index in [-0.39, 0.29) is 24.1 Å².